The molecule has 7 N–H and O–H groups in total. The molecule has 4 heterocycles. The van der Waals surface area contributed by atoms with Crippen LogP contribution in [0.25, 0.3) is 32.6 Å². The summed E-state index contributed by atoms with van der Waals surface area (Å²) in [6, 6.07) is 25.7. The number of nitrogens with one attached hydrogen (secondary N) is 3. The topological polar surface area (TPSA) is 180 Å². The smallest absolute Gasteiger partial charge is 0.274 e. The van der Waals surface area contributed by atoms with Gasteiger partial charge in [-0.15, -0.1) is 11.6 Å². The summed E-state index contributed by atoms with van der Waals surface area (Å²) >= 11 is 6.75. The highest BCUT2D eigenvalue weighted by molar-refractivity contribution is 6.22. The van der Waals surface area contributed by atoms with E-state index in [1.54, 1.807) is 41.3 Å². The third-order valence-corrected chi connectivity index (χ3v) is 10.1. The average Bonchev–Trinajstić information content (AvgIpc) is 3.87. The maximum absolute atomic E-state index is 14.3. The maximum atomic E-state index is 14.3. The molecule has 1 fully saturated rings. The first-order valence-corrected chi connectivity index (χ1v) is 17.1. The largest absolute Gasteiger partial charge is 0.461 e. The van der Waals surface area contributed by atoms with Gasteiger partial charge < -0.3 is 50.1 Å². The molecule has 51 heavy (non-hydrogen) atoms. The van der Waals surface area contributed by atoms with Gasteiger partial charge in [-0.1, -0.05) is 42.5 Å². The molecule has 2 aliphatic rings. The summed E-state index contributed by atoms with van der Waals surface area (Å²) in [4.78, 5) is 35.3. The number of amides is 2. The van der Waals surface area contributed by atoms with Crippen molar-refractivity contribution in [1.82, 2.24) is 9.97 Å². The van der Waals surface area contributed by atoms with Crippen LogP contribution < -0.4 is 15.0 Å². The van der Waals surface area contributed by atoms with E-state index in [0.717, 1.165) is 27.2 Å². The minimum absolute atomic E-state index is 0.229. The van der Waals surface area contributed by atoms with Crippen LogP contribution in [-0.2, 0) is 4.74 Å². The first-order chi connectivity index (χ1) is 24.6. The van der Waals surface area contributed by atoms with Crippen LogP contribution in [0.1, 0.15) is 39.4 Å². The Morgan fingerprint density at radius 1 is 0.902 bits per heavy atom. The number of aliphatic hydroxyl groups excluding tert-OH is 4. The lowest BCUT2D eigenvalue weighted by Gasteiger charge is -2.39. The van der Waals surface area contributed by atoms with E-state index in [1.807, 2.05) is 55.5 Å². The van der Waals surface area contributed by atoms with Crippen LogP contribution in [0.4, 0.5) is 11.4 Å². The van der Waals surface area contributed by atoms with E-state index < -0.39 is 37.3 Å². The van der Waals surface area contributed by atoms with Gasteiger partial charge in [0, 0.05) is 56.8 Å². The highest BCUT2D eigenvalue weighted by atomic mass is 35.5. The Bertz CT molecular complexity index is 2270. The van der Waals surface area contributed by atoms with Crippen molar-refractivity contribution in [3.05, 3.63) is 102 Å². The van der Waals surface area contributed by atoms with Gasteiger partial charge in [-0.25, -0.2) is 0 Å². The SMILES string of the molecule is CC(Cl)C1CN(C(=O)c2cc3cc(NC(=O)c4cc5ccccc5[nH]4)ccc3[nH]2)c2cc(O[C@@H]3O[C@H](CO)[C@H](O)[C@H](O)[C@H]3O)c3ccccc3c21. The molecule has 0 spiro atoms. The number of alkyl halides is 1. The number of carbonyl (C=O) groups is 2. The van der Waals surface area contributed by atoms with Gasteiger partial charge in [0.05, 0.1) is 12.3 Å². The number of benzene rings is 4. The molecule has 0 bridgehead atoms. The van der Waals surface area contributed by atoms with Gasteiger partial charge in [0.25, 0.3) is 11.8 Å². The second-order valence-corrected chi connectivity index (χ2v) is 13.8. The monoisotopic (exact) mass is 710 g/mol. The molecule has 2 aromatic heterocycles. The lowest BCUT2D eigenvalue weighted by atomic mass is 9.92. The van der Waals surface area contributed by atoms with Gasteiger partial charge in [-0.2, -0.15) is 0 Å². The number of aliphatic hydroxyl groups is 4. The molecule has 7 atom stereocenters. The molecular weight excluding hydrogens is 676 g/mol. The molecule has 2 amide bonds. The number of aromatic nitrogens is 2. The van der Waals surface area contributed by atoms with E-state index in [1.165, 1.54) is 0 Å². The van der Waals surface area contributed by atoms with Gasteiger partial charge in [0.15, 0.2) is 0 Å². The van der Waals surface area contributed by atoms with Crippen LogP contribution in [0.3, 0.4) is 0 Å². The zero-order valence-electron chi connectivity index (χ0n) is 27.3. The summed E-state index contributed by atoms with van der Waals surface area (Å²) in [6.07, 6.45) is -7.35. The van der Waals surface area contributed by atoms with Crippen molar-refractivity contribution in [3.63, 3.8) is 0 Å². The average molecular weight is 711 g/mol. The van der Waals surface area contributed by atoms with Gasteiger partial charge in [-0.05, 0) is 54.3 Å². The Morgan fingerprint density at radius 3 is 2.37 bits per heavy atom. The summed E-state index contributed by atoms with van der Waals surface area (Å²) in [5.74, 6) is -0.569. The summed E-state index contributed by atoms with van der Waals surface area (Å²) in [7, 11) is 0. The molecule has 12 nitrogen and oxygen atoms in total. The predicted octanol–water partition coefficient (Wildman–Crippen LogP) is 4.60. The van der Waals surface area contributed by atoms with Crippen molar-refractivity contribution in [2.45, 2.75) is 48.9 Å². The number of ether oxygens (including phenoxy) is 2. The quantitative estimate of drug-likeness (QED) is 0.117. The molecule has 8 rings (SSSR count). The Kier molecular flexibility index (Phi) is 8.45. The minimum atomic E-state index is -1.62. The number of para-hydroxylation sites is 1. The van der Waals surface area contributed by atoms with Gasteiger partial charge in [0.2, 0.25) is 6.29 Å². The number of nitrogens with zero attached hydrogens (tertiary/aromatic N) is 1. The zero-order valence-corrected chi connectivity index (χ0v) is 28.0. The highest BCUT2D eigenvalue weighted by Gasteiger charge is 2.45. The van der Waals surface area contributed by atoms with Crippen molar-refractivity contribution >= 4 is 67.4 Å². The Balaban J connectivity index is 1.11. The molecule has 4 aromatic carbocycles. The normalized spacial score (nSPS) is 23.8. The molecule has 1 saturated heterocycles. The Morgan fingerprint density at radius 2 is 1.61 bits per heavy atom. The number of hydrogen-bond donors (Lipinski definition) is 7. The standard InChI is InChI=1S/C38H35ClN4O8/c1-18(39)24-16-43(29-15-30(22-7-3-4-8-23(22)32(24)29)50-38-35(47)34(46)33(45)31(17-44)51-38)37(49)28-14-20-12-21(10-11-26(20)42-28)40-36(48)27-13-19-6-2-5-9-25(19)41-27/h2-15,18,24,31,33-35,38,41-42,44-47H,16-17H2,1H3,(H,40,48)/t18?,24?,31-,33+,34+,35-,38-/m1/s1. The van der Waals surface area contributed by atoms with Gasteiger partial charge in [0.1, 0.15) is 41.6 Å². The maximum Gasteiger partial charge on any atom is 0.274 e. The lowest BCUT2D eigenvalue weighted by Crippen LogP contribution is -2.60. The molecule has 2 aliphatic heterocycles. The van der Waals surface area contributed by atoms with Crippen molar-refractivity contribution in [2.75, 3.05) is 23.4 Å². The van der Waals surface area contributed by atoms with E-state index in [-0.39, 0.29) is 35.4 Å². The second-order valence-electron chi connectivity index (χ2n) is 13.1. The van der Waals surface area contributed by atoms with Crippen LogP contribution in [0.5, 0.6) is 5.75 Å². The molecule has 0 saturated carbocycles. The first kappa shape index (κ1) is 33.2. The van der Waals surface area contributed by atoms with Crippen molar-refractivity contribution in [3.8, 4) is 5.75 Å². The molecule has 262 valence electrons. The molecule has 0 radical (unpaired) electrons. The van der Waals surface area contributed by atoms with Gasteiger partial charge >= 0.3 is 0 Å². The zero-order chi connectivity index (χ0) is 35.6. The fourth-order valence-corrected chi connectivity index (χ4v) is 7.38. The van der Waals surface area contributed by atoms with E-state index >= 15 is 0 Å². The number of anilines is 2. The molecular formula is C38H35ClN4O8. The summed E-state index contributed by atoms with van der Waals surface area (Å²) in [5.41, 5.74) is 4.30. The molecule has 0 aliphatic carbocycles. The van der Waals surface area contributed by atoms with Crippen LogP contribution >= 0.6 is 11.6 Å². The molecule has 2 unspecified atom stereocenters. The van der Waals surface area contributed by atoms with Crippen LogP contribution in [0.15, 0.2) is 84.9 Å². The number of fused-ring (bicyclic) bond motifs is 5. The number of rotatable bonds is 7. The summed E-state index contributed by atoms with van der Waals surface area (Å²) in [5, 5.41) is 46.8. The summed E-state index contributed by atoms with van der Waals surface area (Å²) < 4.78 is 11.8. The van der Waals surface area contributed by atoms with Crippen molar-refractivity contribution in [2.24, 2.45) is 0 Å². The van der Waals surface area contributed by atoms with E-state index in [0.29, 0.717) is 33.7 Å². The predicted molar refractivity (Wildman–Crippen MR) is 193 cm³/mol. The minimum Gasteiger partial charge on any atom is -0.461 e. The fraction of sp³-hybridized carbons (Fsp3) is 0.263. The lowest BCUT2D eigenvalue weighted by molar-refractivity contribution is -0.277. The van der Waals surface area contributed by atoms with Crippen molar-refractivity contribution in [1.29, 1.82) is 0 Å². The summed E-state index contributed by atoms with van der Waals surface area (Å²) in [6.45, 7) is 1.56. The van der Waals surface area contributed by atoms with Crippen LogP contribution in [0, 0.1) is 0 Å². The third-order valence-electron chi connectivity index (χ3n) is 9.84. The van der Waals surface area contributed by atoms with Crippen LogP contribution in [0.2, 0.25) is 0 Å². The Labute approximate surface area is 296 Å². The van der Waals surface area contributed by atoms with E-state index in [9.17, 15) is 30.0 Å². The van der Waals surface area contributed by atoms with Crippen molar-refractivity contribution < 1.29 is 39.5 Å². The number of H-pyrrole nitrogens is 2. The number of aromatic amines is 2. The number of carbonyl (C=O) groups excluding carboxylic acids is 2. The second kappa shape index (κ2) is 13.0. The highest BCUT2D eigenvalue weighted by Crippen LogP contribution is 2.48. The van der Waals surface area contributed by atoms with Crippen LogP contribution in [-0.4, -0.2) is 91.4 Å². The molecule has 6 aromatic rings. The van der Waals surface area contributed by atoms with E-state index in [4.69, 9.17) is 21.1 Å². The van der Waals surface area contributed by atoms with E-state index in [2.05, 4.69) is 15.3 Å². The first-order valence-electron chi connectivity index (χ1n) is 16.6. The third kappa shape index (κ3) is 5.79. The number of halogens is 1. The molecule has 13 heteroatoms. The Hall–Kier alpha value is -4.95. The fourth-order valence-electron chi connectivity index (χ4n) is 7.17. The number of hydrogen-bond acceptors (Lipinski definition) is 8. The van der Waals surface area contributed by atoms with Gasteiger partial charge in [-0.3, -0.25) is 9.59 Å².